The number of esters is 1. The summed E-state index contributed by atoms with van der Waals surface area (Å²) in [5.41, 5.74) is 1.63. The van der Waals surface area contributed by atoms with E-state index in [0.717, 1.165) is 11.3 Å². The predicted molar refractivity (Wildman–Crippen MR) is 90.9 cm³/mol. The van der Waals surface area contributed by atoms with E-state index in [4.69, 9.17) is 4.74 Å². The Morgan fingerprint density at radius 3 is 2.54 bits per heavy atom. The number of carbonyl (C=O) groups is 2. The van der Waals surface area contributed by atoms with Gasteiger partial charge in [-0.25, -0.2) is 0 Å². The van der Waals surface area contributed by atoms with Crippen molar-refractivity contribution in [2.75, 3.05) is 18.6 Å². The van der Waals surface area contributed by atoms with E-state index in [1.54, 1.807) is 6.07 Å². The molecule has 1 saturated heterocycles. The second-order valence-electron chi connectivity index (χ2n) is 6.19. The Labute approximate surface area is 140 Å². The molecule has 1 heterocycles. The van der Waals surface area contributed by atoms with Gasteiger partial charge >= 0.3 is 5.97 Å². The normalized spacial score (nSPS) is 24.7. The fraction of sp³-hybridized carbons (Fsp3) is 0.200. The van der Waals surface area contributed by atoms with Gasteiger partial charge in [0.15, 0.2) is 11.2 Å². The lowest BCUT2D eigenvalue weighted by molar-refractivity contribution is -0.147. The van der Waals surface area contributed by atoms with Crippen molar-refractivity contribution >= 4 is 17.4 Å². The maximum absolute atomic E-state index is 13.2. The van der Waals surface area contributed by atoms with Crippen molar-refractivity contribution in [1.82, 2.24) is 0 Å². The highest BCUT2D eigenvalue weighted by Gasteiger charge is 2.66. The Hall–Kier alpha value is -2.88. The number of methoxy groups -OCH3 is 1. The number of fused-ring (bicyclic) bond motifs is 3. The first-order valence-electron chi connectivity index (χ1n) is 7.84. The van der Waals surface area contributed by atoms with Crippen LogP contribution in [0.2, 0.25) is 0 Å². The summed E-state index contributed by atoms with van der Waals surface area (Å²) in [5.74, 6) is -0.740. The van der Waals surface area contributed by atoms with E-state index in [2.05, 4.69) is 11.5 Å². The van der Waals surface area contributed by atoms with Crippen LogP contribution in [0.25, 0.3) is 0 Å². The van der Waals surface area contributed by atoms with Crippen molar-refractivity contribution in [2.45, 2.75) is 6.04 Å². The first-order chi connectivity index (χ1) is 11.6. The van der Waals surface area contributed by atoms with Crippen LogP contribution in [0.15, 0.2) is 66.7 Å². The van der Waals surface area contributed by atoms with Crippen LogP contribution in [-0.2, 0) is 9.53 Å². The van der Waals surface area contributed by atoms with Crippen LogP contribution in [0.4, 0.5) is 5.69 Å². The third-order valence-electron chi connectivity index (χ3n) is 5.09. The monoisotopic (exact) mass is 319 g/mol. The van der Waals surface area contributed by atoms with Crippen LogP contribution < -0.4 is 4.90 Å². The Morgan fingerprint density at radius 2 is 1.83 bits per heavy atom. The summed E-state index contributed by atoms with van der Waals surface area (Å²) in [6, 6.07) is 16.8. The molecule has 120 valence electrons. The molecule has 2 atom stereocenters. The molecule has 1 fully saturated rings. The molecule has 1 aliphatic carbocycles. The van der Waals surface area contributed by atoms with Crippen LogP contribution in [0.1, 0.15) is 22.0 Å². The zero-order chi connectivity index (χ0) is 16.9. The second-order valence-corrected chi connectivity index (χ2v) is 6.19. The van der Waals surface area contributed by atoms with Gasteiger partial charge < -0.3 is 9.64 Å². The number of anilines is 1. The standard InChI is InChI=1S/C20H17NO3/c1-13-12-21(14-8-4-3-5-9-14)17-15-10-6-7-11-16(15)18(22)20(13,17)19(23)24-2/h3-11,17H,1,12H2,2H3/t17-,20+/m0/s1. The molecule has 0 spiro atoms. The van der Waals surface area contributed by atoms with Gasteiger partial charge in [0.05, 0.1) is 13.2 Å². The fourth-order valence-electron chi connectivity index (χ4n) is 4.06. The van der Waals surface area contributed by atoms with E-state index in [1.807, 2.05) is 48.5 Å². The lowest BCUT2D eigenvalue weighted by atomic mass is 9.77. The Bertz CT molecular complexity index is 858. The molecule has 24 heavy (non-hydrogen) atoms. The SMILES string of the molecule is C=C1CN(c2ccccc2)[C@H]2c3ccccc3C(=O)[C@@]12C(=O)OC. The largest absolute Gasteiger partial charge is 0.468 e. The molecule has 2 aromatic rings. The van der Waals surface area contributed by atoms with Gasteiger partial charge in [0.1, 0.15) is 0 Å². The predicted octanol–water partition coefficient (Wildman–Crippen LogP) is 3.16. The van der Waals surface area contributed by atoms with Gasteiger partial charge in [0.2, 0.25) is 0 Å². The first kappa shape index (κ1) is 14.7. The van der Waals surface area contributed by atoms with E-state index >= 15 is 0 Å². The highest BCUT2D eigenvalue weighted by molar-refractivity contribution is 6.20. The van der Waals surface area contributed by atoms with Gasteiger partial charge in [0.25, 0.3) is 0 Å². The summed E-state index contributed by atoms with van der Waals surface area (Å²) in [6.07, 6.45) is 0. The van der Waals surface area contributed by atoms with Crippen molar-refractivity contribution < 1.29 is 14.3 Å². The number of hydrogen-bond acceptors (Lipinski definition) is 4. The zero-order valence-electron chi connectivity index (χ0n) is 13.4. The van der Waals surface area contributed by atoms with Gasteiger partial charge in [0, 0.05) is 17.8 Å². The summed E-state index contributed by atoms with van der Waals surface area (Å²) >= 11 is 0. The lowest BCUT2D eigenvalue weighted by Gasteiger charge is -2.30. The molecule has 2 aromatic carbocycles. The highest BCUT2D eigenvalue weighted by atomic mass is 16.5. The molecule has 0 N–H and O–H groups in total. The molecule has 0 unspecified atom stereocenters. The first-order valence-corrected chi connectivity index (χ1v) is 7.84. The average molecular weight is 319 g/mol. The maximum atomic E-state index is 13.2. The molecule has 4 nitrogen and oxygen atoms in total. The van der Waals surface area contributed by atoms with E-state index in [0.29, 0.717) is 17.7 Å². The molecule has 1 aliphatic heterocycles. The van der Waals surface area contributed by atoms with Crippen LogP contribution in [0.5, 0.6) is 0 Å². The van der Waals surface area contributed by atoms with E-state index in [-0.39, 0.29) is 5.78 Å². The molecule has 0 radical (unpaired) electrons. The maximum Gasteiger partial charge on any atom is 0.326 e. The average Bonchev–Trinajstić information content (AvgIpc) is 3.08. The van der Waals surface area contributed by atoms with Gasteiger partial charge in [-0.3, -0.25) is 9.59 Å². The molecule has 4 rings (SSSR count). The van der Waals surface area contributed by atoms with Crippen LogP contribution in [0, 0.1) is 5.41 Å². The molecular formula is C20H17NO3. The third-order valence-corrected chi connectivity index (χ3v) is 5.09. The molecule has 2 aliphatic rings. The Kier molecular flexibility index (Phi) is 3.10. The molecule has 4 heteroatoms. The van der Waals surface area contributed by atoms with Crippen molar-refractivity contribution in [3.05, 3.63) is 77.9 Å². The van der Waals surface area contributed by atoms with Crippen LogP contribution in [0.3, 0.4) is 0 Å². The summed E-state index contributed by atoms with van der Waals surface area (Å²) in [6.45, 7) is 4.53. The number of benzene rings is 2. The van der Waals surface area contributed by atoms with Gasteiger partial charge in [-0.15, -0.1) is 0 Å². The minimum absolute atomic E-state index is 0.210. The number of carbonyl (C=O) groups excluding carboxylic acids is 2. The second kappa shape index (κ2) is 5.06. The number of ether oxygens (including phenoxy) is 1. The van der Waals surface area contributed by atoms with Gasteiger partial charge in [-0.05, 0) is 23.3 Å². The zero-order valence-corrected chi connectivity index (χ0v) is 13.4. The molecule has 0 aromatic heterocycles. The highest BCUT2D eigenvalue weighted by Crippen LogP contribution is 2.58. The van der Waals surface area contributed by atoms with Crippen LogP contribution in [-0.4, -0.2) is 25.4 Å². The Balaban J connectivity index is 1.97. The van der Waals surface area contributed by atoms with Crippen molar-refractivity contribution in [3.63, 3.8) is 0 Å². The van der Waals surface area contributed by atoms with E-state index < -0.39 is 17.4 Å². The van der Waals surface area contributed by atoms with E-state index in [9.17, 15) is 9.59 Å². The summed E-state index contributed by atoms with van der Waals surface area (Å²) in [7, 11) is 1.32. The number of nitrogens with zero attached hydrogens (tertiary/aromatic N) is 1. The molecular weight excluding hydrogens is 302 g/mol. The third kappa shape index (κ3) is 1.63. The number of para-hydroxylation sites is 1. The molecule has 0 amide bonds. The number of ketones is 1. The minimum Gasteiger partial charge on any atom is -0.468 e. The summed E-state index contributed by atoms with van der Waals surface area (Å²) < 4.78 is 5.05. The quantitative estimate of drug-likeness (QED) is 0.485. The smallest absolute Gasteiger partial charge is 0.326 e. The van der Waals surface area contributed by atoms with E-state index in [1.165, 1.54) is 7.11 Å². The van der Waals surface area contributed by atoms with Crippen molar-refractivity contribution in [1.29, 1.82) is 0 Å². The number of rotatable bonds is 2. The van der Waals surface area contributed by atoms with Gasteiger partial charge in [-0.1, -0.05) is 49.0 Å². The minimum atomic E-state index is -1.35. The molecule has 0 saturated carbocycles. The fourth-order valence-corrected chi connectivity index (χ4v) is 4.06. The van der Waals surface area contributed by atoms with Crippen LogP contribution >= 0.6 is 0 Å². The van der Waals surface area contributed by atoms with Gasteiger partial charge in [-0.2, -0.15) is 0 Å². The van der Waals surface area contributed by atoms with Crippen molar-refractivity contribution in [3.8, 4) is 0 Å². The Morgan fingerprint density at radius 1 is 1.17 bits per heavy atom. The topological polar surface area (TPSA) is 46.6 Å². The summed E-state index contributed by atoms with van der Waals surface area (Å²) in [4.78, 5) is 28.0. The van der Waals surface area contributed by atoms with Crippen molar-refractivity contribution in [2.24, 2.45) is 5.41 Å². The lowest BCUT2D eigenvalue weighted by Crippen LogP contribution is -2.41. The summed E-state index contributed by atoms with van der Waals surface area (Å²) in [5, 5.41) is 0. The number of Topliss-reactive ketones (excluding diaryl/α,β-unsaturated/α-hetero) is 1. The molecule has 0 bridgehead atoms. The number of hydrogen-bond donors (Lipinski definition) is 0.